The molecular weight excluding hydrogens is 320 g/mol. The number of aromatic amines is 1. The summed E-state index contributed by atoms with van der Waals surface area (Å²) in [4.78, 5) is 35.0. The Morgan fingerprint density at radius 3 is 2.91 bits per heavy atom. The maximum atomic E-state index is 12.0. The van der Waals surface area contributed by atoms with E-state index in [0.717, 1.165) is 22.9 Å². The first-order valence-corrected chi connectivity index (χ1v) is 9.03. The minimum atomic E-state index is -0.450. The van der Waals surface area contributed by atoms with E-state index in [9.17, 15) is 9.59 Å². The molecule has 0 radical (unpaired) electrons. The third-order valence-corrected chi connectivity index (χ3v) is 4.75. The normalized spacial score (nSPS) is 10.6. The van der Waals surface area contributed by atoms with Crippen LogP contribution in [0.2, 0.25) is 0 Å². The van der Waals surface area contributed by atoms with Gasteiger partial charge in [-0.05, 0) is 19.1 Å². The molecule has 2 N–H and O–H groups in total. The third kappa shape index (κ3) is 4.41. The zero-order valence-corrected chi connectivity index (χ0v) is 14.1. The number of thiazole rings is 1. The minimum Gasteiger partial charge on any atom is -0.351 e. The molecule has 0 aliphatic heterocycles. The molecule has 8 heteroatoms. The molecule has 0 saturated heterocycles. The van der Waals surface area contributed by atoms with Gasteiger partial charge in [0.1, 0.15) is 11.3 Å². The van der Waals surface area contributed by atoms with Crippen molar-refractivity contribution < 1.29 is 4.79 Å². The number of hydrogen-bond acceptors (Lipinski definition) is 6. The molecule has 1 amide bonds. The molecule has 0 aliphatic rings. The lowest BCUT2D eigenvalue weighted by Crippen LogP contribution is -2.31. The number of H-pyrrole nitrogens is 1. The van der Waals surface area contributed by atoms with Crippen LogP contribution in [0.5, 0.6) is 0 Å². The molecule has 2 heterocycles. The van der Waals surface area contributed by atoms with Gasteiger partial charge in [0.15, 0.2) is 5.82 Å². The van der Waals surface area contributed by atoms with Gasteiger partial charge < -0.3 is 10.3 Å². The Bertz CT molecular complexity index is 696. The minimum absolute atomic E-state index is 0.0243. The van der Waals surface area contributed by atoms with Crippen molar-refractivity contribution in [1.82, 2.24) is 20.3 Å². The van der Waals surface area contributed by atoms with E-state index in [1.807, 2.05) is 12.3 Å². The van der Waals surface area contributed by atoms with Crippen LogP contribution in [-0.2, 0) is 0 Å². The van der Waals surface area contributed by atoms with E-state index >= 15 is 0 Å². The fourth-order valence-electron chi connectivity index (χ4n) is 1.74. The first-order chi connectivity index (χ1) is 10.6. The van der Waals surface area contributed by atoms with E-state index in [2.05, 4.69) is 27.2 Å². The lowest BCUT2D eigenvalue weighted by molar-refractivity contribution is 0.0954. The van der Waals surface area contributed by atoms with E-state index < -0.39 is 11.5 Å². The topological polar surface area (TPSA) is 87.7 Å². The predicted octanol–water partition coefficient (Wildman–Crippen LogP) is 2.07. The van der Waals surface area contributed by atoms with Gasteiger partial charge in [0.05, 0.1) is 5.01 Å². The quantitative estimate of drug-likeness (QED) is 0.755. The van der Waals surface area contributed by atoms with Gasteiger partial charge in [-0.1, -0.05) is 6.92 Å². The second-order valence-electron chi connectivity index (χ2n) is 4.59. The van der Waals surface area contributed by atoms with Gasteiger partial charge in [-0.25, -0.2) is 9.97 Å². The smallest absolute Gasteiger partial charge is 0.264 e. The van der Waals surface area contributed by atoms with Gasteiger partial charge in [0.25, 0.3) is 11.5 Å². The van der Waals surface area contributed by atoms with Gasteiger partial charge >= 0.3 is 0 Å². The zero-order valence-electron chi connectivity index (χ0n) is 12.5. The van der Waals surface area contributed by atoms with Crippen molar-refractivity contribution in [2.24, 2.45) is 0 Å². The Labute approximate surface area is 136 Å². The number of carbonyl (C=O) groups excluding carboxylic acids is 1. The first kappa shape index (κ1) is 16.7. The molecule has 2 aromatic heterocycles. The van der Waals surface area contributed by atoms with E-state index in [0.29, 0.717) is 18.1 Å². The molecule has 6 nitrogen and oxygen atoms in total. The van der Waals surface area contributed by atoms with Gasteiger partial charge in [-0.3, -0.25) is 9.59 Å². The summed E-state index contributed by atoms with van der Waals surface area (Å²) >= 11 is 3.25. The monoisotopic (exact) mass is 338 g/mol. The summed E-state index contributed by atoms with van der Waals surface area (Å²) < 4.78 is 0. The molecule has 0 unspecified atom stereocenters. The molecule has 0 aliphatic carbocycles. The SMILES string of the molecule is CCCSCCNC(=O)c1cnc(-c2csc(C)n2)[nH]c1=O. The van der Waals surface area contributed by atoms with Crippen molar-refractivity contribution in [3.8, 4) is 11.5 Å². The number of aromatic nitrogens is 3. The number of nitrogens with zero attached hydrogens (tertiary/aromatic N) is 2. The van der Waals surface area contributed by atoms with Crippen LogP contribution in [0.25, 0.3) is 11.5 Å². The highest BCUT2D eigenvalue weighted by Gasteiger charge is 2.13. The summed E-state index contributed by atoms with van der Waals surface area (Å²) in [6.45, 7) is 4.53. The van der Waals surface area contributed by atoms with Crippen LogP contribution in [0.15, 0.2) is 16.4 Å². The van der Waals surface area contributed by atoms with Crippen molar-refractivity contribution in [2.75, 3.05) is 18.1 Å². The van der Waals surface area contributed by atoms with Crippen molar-refractivity contribution >= 4 is 29.0 Å². The molecule has 0 aromatic carbocycles. The van der Waals surface area contributed by atoms with E-state index in [1.165, 1.54) is 17.5 Å². The Morgan fingerprint density at radius 1 is 1.45 bits per heavy atom. The lowest BCUT2D eigenvalue weighted by Gasteiger charge is -2.04. The fourth-order valence-corrected chi connectivity index (χ4v) is 3.07. The second kappa shape index (κ2) is 8.09. The van der Waals surface area contributed by atoms with Crippen molar-refractivity contribution in [2.45, 2.75) is 20.3 Å². The van der Waals surface area contributed by atoms with Gasteiger partial charge in [-0.15, -0.1) is 11.3 Å². The highest BCUT2D eigenvalue weighted by Crippen LogP contribution is 2.16. The largest absolute Gasteiger partial charge is 0.351 e. The van der Waals surface area contributed by atoms with Crippen LogP contribution < -0.4 is 10.9 Å². The zero-order chi connectivity index (χ0) is 15.9. The number of aryl methyl sites for hydroxylation is 1. The molecule has 0 spiro atoms. The summed E-state index contributed by atoms with van der Waals surface area (Å²) in [5.74, 6) is 1.89. The highest BCUT2D eigenvalue weighted by molar-refractivity contribution is 7.99. The molecule has 118 valence electrons. The maximum Gasteiger partial charge on any atom is 0.264 e. The summed E-state index contributed by atoms with van der Waals surface area (Å²) in [7, 11) is 0. The molecule has 0 fully saturated rings. The van der Waals surface area contributed by atoms with E-state index in [-0.39, 0.29) is 5.56 Å². The fraction of sp³-hybridized carbons (Fsp3) is 0.429. The van der Waals surface area contributed by atoms with Gasteiger partial charge in [-0.2, -0.15) is 11.8 Å². The van der Waals surface area contributed by atoms with E-state index in [1.54, 1.807) is 11.8 Å². The third-order valence-electron chi connectivity index (χ3n) is 2.79. The standard InChI is InChI=1S/C14H18N4O2S2/c1-3-5-21-6-4-15-13(19)10-7-16-12(18-14(10)20)11-8-22-9(2)17-11/h7-8H,3-6H2,1-2H3,(H,15,19)(H,16,18,20). The van der Waals surface area contributed by atoms with E-state index in [4.69, 9.17) is 0 Å². The van der Waals surface area contributed by atoms with Crippen molar-refractivity contribution in [1.29, 1.82) is 0 Å². The Hall–Kier alpha value is -1.67. The number of nitrogens with one attached hydrogen (secondary N) is 2. The summed E-state index contributed by atoms with van der Waals surface area (Å²) in [6.07, 6.45) is 2.41. The van der Waals surface area contributed by atoms with Crippen LogP contribution in [0.3, 0.4) is 0 Å². The number of hydrogen-bond donors (Lipinski definition) is 2. The van der Waals surface area contributed by atoms with Crippen molar-refractivity contribution in [3.63, 3.8) is 0 Å². The summed E-state index contributed by atoms with van der Waals surface area (Å²) in [5.41, 5.74) is 0.188. The van der Waals surface area contributed by atoms with Gasteiger partial charge in [0, 0.05) is 23.9 Å². The number of thioether (sulfide) groups is 1. The Kier molecular flexibility index (Phi) is 6.14. The molecule has 22 heavy (non-hydrogen) atoms. The average Bonchev–Trinajstić information content (AvgIpc) is 2.93. The molecule has 0 bridgehead atoms. The first-order valence-electron chi connectivity index (χ1n) is 6.99. The van der Waals surface area contributed by atoms with Crippen LogP contribution in [0.4, 0.5) is 0 Å². The number of carbonyl (C=O) groups is 1. The molecule has 2 aromatic rings. The average molecular weight is 338 g/mol. The summed E-state index contributed by atoms with van der Waals surface area (Å²) in [5, 5.41) is 5.44. The Morgan fingerprint density at radius 2 is 2.27 bits per heavy atom. The predicted molar refractivity (Wildman–Crippen MR) is 90.7 cm³/mol. The summed E-state index contributed by atoms with van der Waals surface area (Å²) in [6, 6.07) is 0. The van der Waals surface area contributed by atoms with Gasteiger partial charge in [0.2, 0.25) is 0 Å². The molecular formula is C14H18N4O2S2. The number of rotatable bonds is 7. The van der Waals surface area contributed by atoms with Crippen LogP contribution in [0.1, 0.15) is 28.7 Å². The number of amides is 1. The Balaban J connectivity index is 2.00. The van der Waals surface area contributed by atoms with Crippen molar-refractivity contribution in [3.05, 3.63) is 32.5 Å². The molecule has 2 rings (SSSR count). The molecule has 0 saturated carbocycles. The highest BCUT2D eigenvalue weighted by atomic mass is 32.2. The molecule has 0 atom stereocenters. The maximum absolute atomic E-state index is 12.0. The van der Waals surface area contributed by atoms with Crippen LogP contribution >= 0.6 is 23.1 Å². The second-order valence-corrected chi connectivity index (χ2v) is 6.88. The lowest BCUT2D eigenvalue weighted by atomic mass is 10.3. The van der Waals surface area contributed by atoms with Crippen LogP contribution in [-0.4, -0.2) is 38.9 Å². The van der Waals surface area contributed by atoms with Crippen LogP contribution in [0, 0.1) is 6.92 Å².